The van der Waals surface area contributed by atoms with E-state index in [2.05, 4.69) is 10.1 Å². The van der Waals surface area contributed by atoms with Crippen LogP contribution in [0, 0.1) is 17.0 Å². The molecule has 0 heterocycles. The Kier molecular flexibility index (Phi) is 6.08. The van der Waals surface area contributed by atoms with E-state index in [0.29, 0.717) is 5.71 Å². The van der Waals surface area contributed by atoms with E-state index in [1.54, 1.807) is 6.92 Å². The summed E-state index contributed by atoms with van der Waals surface area (Å²) in [5, 5.41) is 15.1. The third kappa shape index (κ3) is 5.29. The molecule has 2 rings (SSSR count). The van der Waals surface area contributed by atoms with Crippen molar-refractivity contribution >= 4 is 34.5 Å². The number of aliphatic imine (C=N–C) groups is 1. The highest BCUT2D eigenvalue weighted by Crippen LogP contribution is 2.28. The largest absolute Gasteiger partial charge is 0.386 e. The lowest BCUT2D eigenvalue weighted by atomic mass is 10.1. The number of oxime groups is 1. The van der Waals surface area contributed by atoms with Crippen LogP contribution in [0.4, 0.5) is 11.4 Å². The molecule has 25 heavy (non-hydrogen) atoms. The number of alkyl halides is 1. The molecule has 0 radical (unpaired) electrons. The first kappa shape index (κ1) is 18.4. The van der Waals surface area contributed by atoms with Gasteiger partial charge in [-0.15, -0.1) is 11.6 Å². The van der Waals surface area contributed by atoms with Gasteiger partial charge in [0.05, 0.1) is 28.3 Å². The minimum absolute atomic E-state index is 0.0174. The molecule has 130 valence electrons. The van der Waals surface area contributed by atoms with Crippen LogP contribution in [0.25, 0.3) is 0 Å². The Morgan fingerprint density at radius 1 is 1.28 bits per heavy atom. The average Bonchev–Trinajstić information content (AvgIpc) is 2.60. The van der Waals surface area contributed by atoms with Crippen LogP contribution in [0.1, 0.15) is 18.1 Å². The third-order valence-corrected chi connectivity index (χ3v) is 3.53. The Bertz CT molecular complexity index is 832. The summed E-state index contributed by atoms with van der Waals surface area (Å²) in [7, 11) is 0. The topological polar surface area (TPSA) is 103 Å². The first-order valence-corrected chi connectivity index (χ1v) is 7.89. The van der Waals surface area contributed by atoms with Crippen LogP contribution in [0.15, 0.2) is 52.6 Å². The third-order valence-electron chi connectivity index (χ3n) is 3.25. The lowest BCUT2D eigenvalue weighted by Crippen LogP contribution is -2.12. The Balaban J connectivity index is 2.30. The molecule has 0 spiro atoms. The molecule has 0 fully saturated rings. The number of aryl methyl sites for hydroxylation is 1. The quantitative estimate of drug-likeness (QED) is 0.277. The fourth-order valence-electron chi connectivity index (χ4n) is 1.96. The lowest BCUT2D eigenvalue weighted by Gasteiger charge is -2.04. The van der Waals surface area contributed by atoms with Gasteiger partial charge in [-0.1, -0.05) is 35.0 Å². The summed E-state index contributed by atoms with van der Waals surface area (Å²) in [6.07, 6.45) is 0. The molecule has 0 unspecified atom stereocenters. The van der Waals surface area contributed by atoms with Crippen LogP contribution >= 0.6 is 11.6 Å². The molecule has 0 atom stereocenters. The predicted octanol–water partition coefficient (Wildman–Crippen LogP) is 3.93. The molecule has 0 bridgehead atoms. The molecular formula is C17H17ClN4O3. The number of benzene rings is 2. The summed E-state index contributed by atoms with van der Waals surface area (Å²) in [6, 6.07) is 11.8. The zero-order chi connectivity index (χ0) is 18.4. The molecular weight excluding hydrogens is 344 g/mol. The monoisotopic (exact) mass is 360 g/mol. The fraction of sp³-hybridized carbons (Fsp3) is 0.176. The predicted molar refractivity (Wildman–Crippen MR) is 99.1 cm³/mol. The Hall–Kier alpha value is -2.93. The summed E-state index contributed by atoms with van der Waals surface area (Å²) in [6.45, 7) is 3.77. The summed E-state index contributed by atoms with van der Waals surface area (Å²) in [5.74, 6) is 0.345. The van der Waals surface area contributed by atoms with Crippen molar-refractivity contribution in [2.75, 3.05) is 5.88 Å². The van der Waals surface area contributed by atoms with Gasteiger partial charge >= 0.3 is 0 Å². The summed E-state index contributed by atoms with van der Waals surface area (Å²) >= 11 is 5.58. The van der Waals surface area contributed by atoms with Gasteiger partial charge in [0.15, 0.2) is 5.75 Å². The zero-order valence-corrected chi connectivity index (χ0v) is 14.5. The van der Waals surface area contributed by atoms with E-state index in [-0.39, 0.29) is 28.8 Å². The lowest BCUT2D eigenvalue weighted by molar-refractivity contribution is -0.384. The van der Waals surface area contributed by atoms with Crippen molar-refractivity contribution in [2.45, 2.75) is 13.8 Å². The molecule has 0 aliphatic heterocycles. The van der Waals surface area contributed by atoms with E-state index in [9.17, 15) is 10.1 Å². The van der Waals surface area contributed by atoms with E-state index >= 15 is 0 Å². The number of nitrogens with two attached hydrogens (primary N) is 1. The molecule has 2 aromatic rings. The number of nitro groups is 1. The van der Waals surface area contributed by atoms with Crippen molar-refractivity contribution in [1.82, 2.24) is 0 Å². The standard InChI is InChI=1S/C17H17ClN4O3/c1-11-3-5-13(6-4-11)12(2)21-25-16-8-14(20-17(19)10-18)7-15(9-16)22(23)24/h3-9H,10H2,1-2H3,(H2,19,20). The number of hydrogen-bond acceptors (Lipinski definition) is 5. The maximum Gasteiger partial charge on any atom is 0.275 e. The number of nitro benzene ring substituents is 1. The van der Waals surface area contributed by atoms with E-state index in [1.807, 2.05) is 31.2 Å². The maximum absolute atomic E-state index is 11.1. The van der Waals surface area contributed by atoms with Gasteiger partial charge in [-0.3, -0.25) is 10.1 Å². The second kappa shape index (κ2) is 8.25. The number of non-ortho nitro benzene ring substituents is 1. The summed E-state index contributed by atoms with van der Waals surface area (Å²) in [4.78, 5) is 19.9. The summed E-state index contributed by atoms with van der Waals surface area (Å²) in [5.41, 5.74) is 8.32. The molecule has 0 aromatic heterocycles. The summed E-state index contributed by atoms with van der Waals surface area (Å²) < 4.78 is 0. The molecule has 0 amide bonds. The minimum atomic E-state index is -0.542. The fourth-order valence-corrected chi connectivity index (χ4v) is 2.01. The van der Waals surface area contributed by atoms with Crippen molar-refractivity contribution in [2.24, 2.45) is 15.9 Å². The van der Waals surface area contributed by atoms with Crippen molar-refractivity contribution < 1.29 is 9.76 Å². The van der Waals surface area contributed by atoms with E-state index in [1.165, 1.54) is 18.2 Å². The minimum Gasteiger partial charge on any atom is -0.386 e. The molecule has 0 saturated carbocycles. The van der Waals surface area contributed by atoms with Gasteiger partial charge in [0.25, 0.3) is 5.69 Å². The highest BCUT2D eigenvalue weighted by atomic mass is 35.5. The van der Waals surface area contributed by atoms with Gasteiger partial charge in [0, 0.05) is 12.1 Å². The van der Waals surface area contributed by atoms with Crippen LogP contribution < -0.4 is 10.6 Å². The van der Waals surface area contributed by atoms with Crippen LogP contribution in [0.5, 0.6) is 5.75 Å². The number of halogens is 1. The number of hydrogen-bond donors (Lipinski definition) is 1. The van der Waals surface area contributed by atoms with Crippen molar-refractivity contribution in [3.63, 3.8) is 0 Å². The molecule has 0 saturated heterocycles. The number of nitrogens with zero attached hydrogens (tertiary/aromatic N) is 3. The van der Waals surface area contributed by atoms with Gasteiger partial charge in [-0.2, -0.15) is 0 Å². The first-order valence-electron chi connectivity index (χ1n) is 7.36. The maximum atomic E-state index is 11.1. The second-order valence-electron chi connectivity index (χ2n) is 5.31. The highest BCUT2D eigenvalue weighted by Gasteiger charge is 2.11. The van der Waals surface area contributed by atoms with Crippen LogP contribution in [0.3, 0.4) is 0 Å². The van der Waals surface area contributed by atoms with Gasteiger partial charge in [0.1, 0.15) is 5.84 Å². The number of amidine groups is 1. The normalized spacial score (nSPS) is 12.1. The van der Waals surface area contributed by atoms with Gasteiger partial charge < -0.3 is 10.6 Å². The van der Waals surface area contributed by atoms with Gasteiger partial charge in [-0.05, 0) is 19.4 Å². The van der Waals surface area contributed by atoms with Crippen LogP contribution in [0.2, 0.25) is 0 Å². The molecule has 7 nitrogen and oxygen atoms in total. The van der Waals surface area contributed by atoms with Gasteiger partial charge in [-0.25, -0.2) is 4.99 Å². The molecule has 0 aliphatic rings. The van der Waals surface area contributed by atoms with Gasteiger partial charge in [0.2, 0.25) is 0 Å². The average molecular weight is 361 g/mol. The van der Waals surface area contributed by atoms with Crippen molar-refractivity contribution in [3.8, 4) is 5.75 Å². The first-order chi connectivity index (χ1) is 11.9. The van der Waals surface area contributed by atoms with Crippen LogP contribution in [-0.4, -0.2) is 22.4 Å². The van der Waals surface area contributed by atoms with E-state index in [4.69, 9.17) is 22.2 Å². The Morgan fingerprint density at radius 3 is 2.56 bits per heavy atom. The van der Waals surface area contributed by atoms with Crippen molar-refractivity contribution in [1.29, 1.82) is 0 Å². The molecule has 0 aliphatic carbocycles. The molecule has 8 heteroatoms. The van der Waals surface area contributed by atoms with E-state index in [0.717, 1.165) is 11.1 Å². The zero-order valence-electron chi connectivity index (χ0n) is 13.8. The Morgan fingerprint density at radius 2 is 1.96 bits per heavy atom. The van der Waals surface area contributed by atoms with Crippen molar-refractivity contribution in [3.05, 3.63) is 63.7 Å². The van der Waals surface area contributed by atoms with E-state index < -0.39 is 4.92 Å². The van der Waals surface area contributed by atoms with Crippen LogP contribution in [-0.2, 0) is 0 Å². The molecule has 2 aromatic carbocycles. The molecule has 2 N–H and O–H groups in total. The Labute approximate surface area is 149 Å². The number of rotatable bonds is 6. The second-order valence-corrected chi connectivity index (χ2v) is 5.58. The highest BCUT2D eigenvalue weighted by molar-refractivity contribution is 6.28. The SMILES string of the molecule is CC(=NOc1cc(N=C(N)CCl)cc([N+](=O)[O-])c1)c1ccc(C)cc1. The smallest absolute Gasteiger partial charge is 0.275 e.